The largest absolute Gasteiger partial charge is 0.481 e. The average Bonchev–Trinajstić information content (AvgIpc) is 2.85. The molecule has 36 heavy (non-hydrogen) atoms. The van der Waals surface area contributed by atoms with Crippen molar-refractivity contribution in [3.8, 4) is 11.8 Å². The molecule has 2 amide bonds. The molecular weight excluding hydrogens is 460 g/mol. The zero-order chi connectivity index (χ0) is 27.4. The highest BCUT2D eigenvalue weighted by Gasteiger charge is 2.15. The number of hydrogen-bond donors (Lipinski definition) is 4. The topological polar surface area (TPSA) is 133 Å². The second kappa shape index (κ2) is 26.5. The molecule has 0 radical (unpaired) electrons. The number of hydrogen-bond acceptors (Lipinski definition) is 4. The second-order valence-electron chi connectivity index (χ2n) is 8.43. The molecule has 0 aromatic heterocycles. The molecular formula is C28H46N2O6. The number of carboxylic acids is 2. The van der Waals surface area contributed by atoms with Gasteiger partial charge in [-0.1, -0.05) is 52.2 Å². The molecule has 0 rings (SSSR count). The minimum Gasteiger partial charge on any atom is -0.481 e. The molecule has 0 aliphatic rings. The molecule has 8 nitrogen and oxygen atoms in total. The highest BCUT2D eigenvalue weighted by Crippen LogP contribution is 2.15. The zero-order valence-electron chi connectivity index (χ0n) is 22.0. The lowest BCUT2D eigenvalue weighted by Crippen LogP contribution is -2.22. The van der Waals surface area contributed by atoms with E-state index < -0.39 is 11.9 Å². The van der Waals surface area contributed by atoms with Crippen LogP contribution in [0.3, 0.4) is 0 Å². The predicted molar refractivity (Wildman–Crippen MR) is 143 cm³/mol. The number of carbonyl (C=O) groups is 4. The Hall–Kier alpha value is -3.08. The number of nitrogens with one attached hydrogen (secondary N) is 2. The van der Waals surface area contributed by atoms with Crippen molar-refractivity contribution in [3.05, 3.63) is 25.3 Å². The average molecular weight is 507 g/mol. The number of rotatable bonds is 20. The van der Waals surface area contributed by atoms with E-state index in [2.05, 4.69) is 42.6 Å². The van der Waals surface area contributed by atoms with Gasteiger partial charge in [0.2, 0.25) is 11.8 Å². The molecule has 0 aromatic rings. The van der Waals surface area contributed by atoms with Gasteiger partial charge in [0, 0.05) is 32.4 Å². The first-order valence-corrected chi connectivity index (χ1v) is 13.0. The van der Waals surface area contributed by atoms with Crippen LogP contribution in [0.15, 0.2) is 25.3 Å². The Morgan fingerprint density at radius 3 is 1.83 bits per heavy atom. The van der Waals surface area contributed by atoms with Gasteiger partial charge >= 0.3 is 11.9 Å². The number of unbranched alkanes of at least 4 members (excludes halogenated alkanes) is 7. The summed E-state index contributed by atoms with van der Waals surface area (Å²) in [7, 11) is 0. The molecule has 0 spiro atoms. The van der Waals surface area contributed by atoms with Crippen molar-refractivity contribution >= 4 is 23.8 Å². The maximum absolute atomic E-state index is 11.2. The van der Waals surface area contributed by atoms with Crippen LogP contribution in [0.25, 0.3) is 0 Å². The van der Waals surface area contributed by atoms with Crippen LogP contribution in [0.2, 0.25) is 0 Å². The van der Waals surface area contributed by atoms with Crippen molar-refractivity contribution in [3.63, 3.8) is 0 Å². The molecule has 0 aliphatic heterocycles. The molecule has 0 saturated carbocycles. The maximum atomic E-state index is 11.2. The lowest BCUT2D eigenvalue weighted by Gasteiger charge is -2.10. The van der Waals surface area contributed by atoms with E-state index in [1.165, 1.54) is 31.4 Å². The summed E-state index contributed by atoms with van der Waals surface area (Å²) in [5.74, 6) is 4.01. The minimum atomic E-state index is -0.768. The van der Waals surface area contributed by atoms with Gasteiger partial charge in [0.05, 0.1) is 5.92 Å². The van der Waals surface area contributed by atoms with Crippen molar-refractivity contribution in [2.45, 2.75) is 96.8 Å². The third-order valence-corrected chi connectivity index (χ3v) is 5.26. The molecule has 0 saturated heterocycles. The Morgan fingerprint density at radius 2 is 1.31 bits per heavy atom. The van der Waals surface area contributed by atoms with Gasteiger partial charge in [-0.25, -0.2) is 0 Å². The second-order valence-corrected chi connectivity index (χ2v) is 8.43. The fraction of sp³-hybridized carbons (Fsp3) is 0.643. The fourth-order valence-electron chi connectivity index (χ4n) is 3.12. The smallest absolute Gasteiger partial charge is 0.306 e. The van der Waals surface area contributed by atoms with Crippen molar-refractivity contribution in [1.82, 2.24) is 10.6 Å². The van der Waals surface area contributed by atoms with Gasteiger partial charge in [-0.05, 0) is 50.7 Å². The van der Waals surface area contributed by atoms with E-state index in [9.17, 15) is 24.3 Å². The molecule has 0 fully saturated rings. The molecule has 4 N–H and O–H groups in total. The molecule has 1 atom stereocenters. The molecule has 0 aliphatic carbocycles. The van der Waals surface area contributed by atoms with Crippen LogP contribution in [-0.4, -0.2) is 47.1 Å². The van der Waals surface area contributed by atoms with Crippen molar-refractivity contribution in [2.24, 2.45) is 5.92 Å². The van der Waals surface area contributed by atoms with Gasteiger partial charge in [0.15, 0.2) is 0 Å². The zero-order valence-corrected chi connectivity index (χ0v) is 22.0. The summed E-state index contributed by atoms with van der Waals surface area (Å²) in [4.78, 5) is 42.9. The molecule has 0 aromatic carbocycles. The first kappa shape index (κ1) is 35.1. The van der Waals surface area contributed by atoms with E-state index >= 15 is 0 Å². The van der Waals surface area contributed by atoms with Crippen LogP contribution in [-0.2, 0) is 19.2 Å². The van der Waals surface area contributed by atoms with Crippen molar-refractivity contribution in [1.29, 1.82) is 0 Å². The van der Waals surface area contributed by atoms with E-state index in [-0.39, 0.29) is 24.2 Å². The summed E-state index contributed by atoms with van der Waals surface area (Å²) >= 11 is 0. The summed E-state index contributed by atoms with van der Waals surface area (Å²) in [5, 5.41) is 22.8. The Labute approximate surface area is 217 Å². The van der Waals surface area contributed by atoms with Crippen LogP contribution in [0, 0.1) is 17.8 Å². The Morgan fingerprint density at radius 1 is 0.750 bits per heavy atom. The van der Waals surface area contributed by atoms with Crippen LogP contribution in [0.4, 0.5) is 0 Å². The number of carbonyl (C=O) groups excluding carboxylic acids is 2. The van der Waals surface area contributed by atoms with Crippen LogP contribution in [0.5, 0.6) is 0 Å². The normalized spacial score (nSPS) is 10.5. The summed E-state index contributed by atoms with van der Waals surface area (Å²) in [5.41, 5.74) is 0. The Bertz CT molecular complexity index is 709. The van der Waals surface area contributed by atoms with Gasteiger partial charge in [-0.15, -0.1) is 11.8 Å². The first-order chi connectivity index (χ1) is 17.3. The number of carboxylic acid groups (broad SMARTS) is 2. The number of aliphatic carboxylic acids is 2. The fourth-order valence-corrected chi connectivity index (χ4v) is 3.12. The third kappa shape index (κ3) is 27.2. The molecule has 0 heterocycles. The summed E-state index contributed by atoms with van der Waals surface area (Å²) in [6, 6.07) is 0. The maximum Gasteiger partial charge on any atom is 0.306 e. The quantitative estimate of drug-likeness (QED) is 0.106. The van der Waals surface area contributed by atoms with Gasteiger partial charge in [-0.3, -0.25) is 19.2 Å². The SMILES string of the molecule is C=CC(=O)NCCCCC(CCC#CCCCCCC)C(=O)O.C=CC(=O)NCCCCCC(=O)O. The van der Waals surface area contributed by atoms with Crippen molar-refractivity contribution < 1.29 is 29.4 Å². The highest BCUT2D eigenvalue weighted by molar-refractivity contribution is 5.87. The Kier molecular flexibility index (Phi) is 25.8. The lowest BCUT2D eigenvalue weighted by atomic mass is 9.97. The standard InChI is InChI=1S/C19H31NO3.C9H15NO3/c1-3-5-6-7-8-9-10-11-14-17(19(22)23)15-12-13-16-20-18(21)4-2;1-2-8(11)10-7-5-3-4-6-9(12)13/h4,17H,2-3,5-8,11-16H2,1H3,(H,20,21)(H,22,23);2H,1,3-7H2,(H,10,11)(H,12,13). The van der Waals surface area contributed by atoms with Gasteiger partial charge in [-0.2, -0.15) is 0 Å². The summed E-state index contributed by atoms with van der Waals surface area (Å²) in [6.45, 7) is 10.0. The Balaban J connectivity index is 0. The third-order valence-electron chi connectivity index (χ3n) is 5.26. The van der Waals surface area contributed by atoms with E-state index in [0.717, 1.165) is 38.5 Å². The molecule has 8 heteroatoms. The minimum absolute atomic E-state index is 0.182. The first-order valence-electron chi connectivity index (χ1n) is 13.0. The van der Waals surface area contributed by atoms with Gasteiger partial charge in [0.25, 0.3) is 0 Å². The van der Waals surface area contributed by atoms with Gasteiger partial charge in [0.1, 0.15) is 0 Å². The van der Waals surface area contributed by atoms with Crippen LogP contribution in [0.1, 0.15) is 96.8 Å². The number of amides is 2. The van der Waals surface area contributed by atoms with Crippen molar-refractivity contribution in [2.75, 3.05) is 13.1 Å². The molecule has 0 bridgehead atoms. The van der Waals surface area contributed by atoms with Crippen LogP contribution < -0.4 is 10.6 Å². The molecule has 204 valence electrons. The lowest BCUT2D eigenvalue weighted by molar-refractivity contribution is -0.142. The molecule has 1 unspecified atom stereocenters. The predicted octanol–water partition coefficient (Wildman–Crippen LogP) is 4.85. The highest BCUT2D eigenvalue weighted by atomic mass is 16.4. The summed E-state index contributed by atoms with van der Waals surface area (Å²) in [6.07, 6.45) is 14.2. The van der Waals surface area contributed by atoms with E-state index in [4.69, 9.17) is 5.11 Å². The summed E-state index contributed by atoms with van der Waals surface area (Å²) < 4.78 is 0. The van der Waals surface area contributed by atoms with E-state index in [1.807, 2.05) is 0 Å². The van der Waals surface area contributed by atoms with Gasteiger partial charge < -0.3 is 20.8 Å². The van der Waals surface area contributed by atoms with E-state index in [0.29, 0.717) is 38.8 Å². The monoisotopic (exact) mass is 506 g/mol. The van der Waals surface area contributed by atoms with Crippen LogP contribution >= 0.6 is 0 Å². The van der Waals surface area contributed by atoms with E-state index in [1.54, 1.807) is 0 Å².